The summed E-state index contributed by atoms with van der Waals surface area (Å²) < 4.78 is 10.9. The summed E-state index contributed by atoms with van der Waals surface area (Å²) in [5.74, 6) is -0.721. The minimum absolute atomic E-state index is 0.245. The van der Waals surface area contributed by atoms with Gasteiger partial charge in [0, 0.05) is 0 Å². The zero-order valence-electron chi connectivity index (χ0n) is 27.6. The van der Waals surface area contributed by atoms with Crippen LogP contribution in [0.15, 0.2) is 24.3 Å². The molecule has 9 atom stereocenters. The van der Waals surface area contributed by atoms with Crippen molar-refractivity contribution in [2.24, 2.45) is 0 Å². The highest BCUT2D eigenvalue weighted by Gasteiger charge is 2.44. The normalized spacial score (nSPS) is 25.0. The molecule has 1 aliphatic rings. The van der Waals surface area contributed by atoms with Gasteiger partial charge in [0.15, 0.2) is 6.29 Å². The number of amides is 1. The molecular formula is C34H63NO10. The topological polar surface area (TPSA) is 189 Å². The van der Waals surface area contributed by atoms with Gasteiger partial charge in [-0.2, -0.15) is 0 Å². The Morgan fingerprint density at radius 1 is 0.778 bits per heavy atom. The third kappa shape index (κ3) is 17.4. The molecule has 1 heterocycles. The molecule has 264 valence electrons. The molecule has 0 aromatic heterocycles. The van der Waals surface area contributed by atoms with E-state index in [0.29, 0.717) is 12.8 Å². The lowest BCUT2D eigenvalue weighted by atomic mass is 9.99. The number of carbonyl (C=O) groups excluding carboxylic acids is 1. The van der Waals surface area contributed by atoms with Gasteiger partial charge in [0.25, 0.3) is 0 Å². The van der Waals surface area contributed by atoms with Crippen LogP contribution >= 0.6 is 0 Å². The predicted molar refractivity (Wildman–Crippen MR) is 173 cm³/mol. The van der Waals surface area contributed by atoms with Gasteiger partial charge in [-0.25, -0.2) is 0 Å². The average molecular weight is 646 g/mol. The Morgan fingerprint density at radius 3 is 2.00 bits per heavy atom. The van der Waals surface area contributed by atoms with Gasteiger partial charge in [-0.1, -0.05) is 95.9 Å². The predicted octanol–water partition coefficient (Wildman–Crippen LogP) is 2.76. The van der Waals surface area contributed by atoms with E-state index in [1.54, 1.807) is 0 Å². The quantitative estimate of drug-likeness (QED) is 0.0513. The molecular weight excluding hydrogens is 582 g/mol. The minimum atomic E-state index is -1.66. The molecule has 1 rings (SSSR count). The number of aliphatic hydroxyl groups excluding tert-OH is 7. The molecule has 0 aliphatic carbocycles. The fraction of sp³-hybridized carbons (Fsp3) is 0.853. The van der Waals surface area contributed by atoms with Crippen molar-refractivity contribution >= 4 is 5.91 Å². The van der Waals surface area contributed by atoms with Crippen molar-refractivity contribution in [1.82, 2.24) is 5.32 Å². The summed E-state index contributed by atoms with van der Waals surface area (Å²) in [6, 6.07) is -1.16. The van der Waals surface area contributed by atoms with Crippen LogP contribution in [0.5, 0.6) is 0 Å². The summed E-state index contributed by atoms with van der Waals surface area (Å²) in [6.07, 6.45) is 12.4. The molecule has 0 aromatic carbocycles. The molecule has 0 radical (unpaired) electrons. The number of allylic oxidation sites excluding steroid dienone is 4. The van der Waals surface area contributed by atoms with Crippen LogP contribution in [-0.4, -0.2) is 110 Å². The monoisotopic (exact) mass is 645 g/mol. The number of rotatable bonds is 26. The molecule has 9 unspecified atom stereocenters. The van der Waals surface area contributed by atoms with E-state index in [1.807, 2.05) is 6.92 Å². The number of ether oxygens (including phenoxy) is 2. The molecule has 0 spiro atoms. The lowest BCUT2D eigenvalue weighted by molar-refractivity contribution is -0.303. The lowest BCUT2D eigenvalue weighted by Gasteiger charge is -2.40. The van der Waals surface area contributed by atoms with E-state index in [0.717, 1.165) is 51.4 Å². The molecule has 1 fully saturated rings. The van der Waals surface area contributed by atoms with Crippen molar-refractivity contribution in [3.8, 4) is 0 Å². The maximum absolute atomic E-state index is 12.8. The van der Waals surface area contributed by atoms with Crippen LogP contribution < -0.4 is 5.32 Å². The van der Waals surface area contributed by atoms with Gasteiger partial charge in [0.05, 0.1) is 25.4 Å². The molecule has 1 amide bonds. The van der Waals surface area contributed by atoms with Crippen molar-refractivity contribution in [1.29, 1.82) is 0 Å². The number of nitrogens with one attached hydrogen (secondary N) is 1. The highest BCUT2D eigenvalue weighted by Crippen LogP contribution is 2.23. The zero-order chi connectivity index (χ0) is 33.5. The number of aliphatic hydroxyl groups is 7. The van der Waals surface area contributed by atoms with Gasteiger partial charge in [-0.3, -0.25) is 4.79 Å². The van der Waals surface area contributed by atoms with Crippen LogP contribution in [0.2, 0.25) is 0 Å². The molecule has 1 aliphatic heterocycles. The molecule has 45 heavy (non-hydrogen) atoms. The third-order valence-electron chi connectivity index (χ3n) is 8.26. The van der Waals surface area contributed by atoms with E-state index in [1.165, 1.54) is 25.7 Å². The summed E-state index contributed by atoms with van der Waals surface area (Å²) in [6.45, 7) is 3.08. The van der Waals surface area contributed by atoms with Crippen molar-refractivity contribution < 1.29 is 50.0 Å². The number of unbranched alkanes of at least 4 members (excludes halogenated alkanes) is 10. The molecule has 11 heteroatoms. The Hall–Kier alpha value is -1.41. The van der Waals surface area contributed by atoms with Crippen molar-refractivity contribution in [2.75, 3.05) is 13.2 Å². The molecule has 0 bridgehead atoms. The van der Waals surface area contributed by atoms with Crippen LogP contribution in [0.25, 0.3) is 0 Å². The molecule has 1 saturated heterocycles. The van der Waals surface area contributed by atoms with E-state index < -0.39 is 74.2 Å². The van der Waals surface area contributed by atoms with Gasteiger partial charge < -0.3 is 50.5 Å². The Bertz CT molecular complexity index is 795. The maximum Gasteiger partial charge on any atom is 0.249 e. The van der Waals surface area contributed by atoms with Crippen LogP contribution in [0.4, 0.5) is 0 Å². The first-order valence-electron chi connectivity index (χ1n) is 17.2. The number of hydrogen-bond acceptors (Lipinski definition) is 10. The first-order valence-corrected chi connectivity index (χ1v) is 17.2. The number of hydrogen-bond donors (Lipinski definition) is 8. The third-order valence-corrected chi connectivity index (χ3v) is 8.26. The van der Waals surface area contributed by atoms with E-state index >= 15 is 0 Å². The fourth-order valence-electron chi connectivity index (χ4n) is 5.22. The summed E-state index contributed by atoms with van der Waals surface area (Å²) in [5, 5.41) is 73.9. The minimum Gasteiger partial charge on any atom is -0.394 e. The average Bonchev–Trinajstić information content (AvgIpc) is 3.04. The molecule has 8 N–H and O–H groups in total. The standard InChI is InChI=1S/C34H63NO10/c1-3-5-7-8-9-10-11-12-13-14-15-16-17-18-19-20-22-27(38)33(43)35-25(29(39)26(37)21-6-4-2)24-44-34-32(42)31(41)30(40)28(23-36)45-34/h9-10,12-13,25-32,34,36-42H,3-8,11,14-24H2,1-2H3,(H,35,43)/b10-9-,13-12-. The first kappa shape index (κ1) is 41.6. The van der Waals surface area contributed by atoms with E-state index in [-0.39, 0.29) is 12.8 Å². The Balaban J connectivity index is 2.42. The molecule has 11 nitrogen and oxygen atoms in total. The van der Waals surface area contributed by atoms with Gasteiger partial charge in [-0.05, 0) is 44.9 Å². The van der Waals surface area contributed by atoms with Crippen LogP contribution in [0.3, 0.4) is 0 Å². The van der Waals surface area contributed by atoms with E-state index in [9.17, 15) is 40.5 Å². The van der Waals surface area contributed by atoms with E-state index in [2.05, 4.69) is 36.5 Å². The molecule has 0 saturated carbocycles. The first-order chi connectivity index (χ1) is 21.7. The van der Waals surface area contributed by atoms with Crippen molar-refractivity contribution in [2.45, 2.75) is 172 Å². The largest absolute Gasteiger partial charge is 0.394 e. The van der Waals surface area contributed by atoms with Crippen LogP contribution in [0.1, 0.15) is 117 Å². The summed E-state index contributed by atoms with van der Waals surface area (Å²) in [7, 11) is 0. The van der Waals surface area contributed by atoms with Gasteiger partial charge in [0.2, 0.25) is 5.91 Å². The van der Waals surface area contributed by atoms with Gasteiger partial charge in [-0.15, -0.1) is 0 Å². The van der Waals surface area contributed by atoms with Crippen LogP contribution in [0, 0.1) is 0 Å². The summed E-state index contributed by atoms with van der Waals surface area (Å²) in [5.41, 5.74) is 0. The van der Waals surface area contributed by atoms with Gasteiger partial charge in [0.1, 0.15) is 36.6 Å². The second-order valence-corrected chi connectivity index (χ2v) is 12.2. The Morgan fingerprint density at radius 2 is 1.38 bits per heavy atom. The zero-order valence-corrected chi connectivity index (χ0v) is 27.6. The van der Waals surface area contributed by atoms with Crippen molar-refractivity contribution in [3.05, 3.63) is 24.3 Å². The lowest BCUT2D eigenvalue weighted by Crippen LogP contribution is -2.60. The summed E-state index contributed by atoms with van der Waals surface area (Å²) >= 11 is 0. The van der Waals surface area contributed by atoms with Crippen LogP contribution in [-0.2, 0) is 14.3 Å². The smallest absolute Gasteiger partial charge is 0.249 e. The molecule has 0 aromatic rings. The second kappa shape index (κ2) is 25.7. The highest BCUT2D eigenvalue weighted by atomic mass is 16.7. The van der Waals surface area contributed by atoms with E-state index in [4.69, 9.17) is 9.47 Å². The highest BCUT2D eigenvalue weighted by molar-refractivity contribution is 5.80. The maximum atomic E-state index is 12.8. The Kier molecular flexibility index (Phi) is 23.7. The Labute approximate surface area is 270 Å². The fourth-order valence-corrected chi connectivity index (χ4v) is 5.22. The van der Waals surface area contributed by atoms with Gasteiger partial charge >= 0.3 is 0 Å². The van der Waals surface area contributed by atoms with Crippen molar-refractivity contribution in [3.63, 3.8) is 0 Å². The SMILES string of the molecule is CCCCC/C=C\C/C=C\CCCCCCCCC(O)C(=O)NC(COC1OC(CO)C(O)C(O)C1O)C(O)C(O)CCCC. The number of carbonyl (C=O) groups is 1. The summed E-state index contributed by atoms with van der Waals surface area (Å²) in [4.78, 5) is 12.8. The second-order valence-electron chi connectivity index (χ2n) is 12.2.